The second kappa shape index (κ2) is 9.34. The number of hydrogen-bond acceptors (Lipinski definition) is 4. The van der Waals surface area contributed by atoms with Gasteiger partial charge in [-0.05, 0) is 52.7 Å². The molecule has 0 bridgehead atoms. The van der Waals surface area contributed by atoms with Gasteiger partial charge >= 0.3 is 5.97 Å². The van der Waals surface area contributed by atoms with Crippen LogP contribution in [0.2, 0.25) is 0 Å². The summed E-state index contributed by atoms with van der Waals surface area (Å²) in [7, 11) is 0. The van der Waals surface area contributed by atoms with Crippen LogP contribution in [0.1, 0.15) is 46.0 Å². The molecule has 0 aromatic rings. The minimum Gasteiger partial charge on any atom is -0.466 e. The first kappa shape index (κ1) is 15.4. The van der Waals surface area contributed by atoms with E-state index in [0.29, 0.717) is 13.0 Å². The van der Waals surface area contributed by atoms with Crippen LogP contribution < -0.4 is 5.32 Å². The van der Waals surface area contributed by atoms with E-state index in [2.05, 4.69) is 17.1 Å². The van der Waals surface area contributed by atoms with Crippen molar-refractivity contribution in [1.29, 1.82) is 0 Å². The summed E-state index contributed by atoms with van der Waals surface area (Å²) >= 11 is 0. The highest BCUT2D eigenvalue weighted by Crippen LogP contribution is 2.15. The van der Waals surface area contributed by atoms with Gasteiger partial charge in [0.25, 0.3) is 0 Å². The van der Waals surface area contributed by atoms with Crippen molar-refractivity contribution < 1.29 is 9.53 Å². The van der Waals surface area contributed by atoms with Gasteiger partial charge in [-0.2, -0.15) is 0 Å². The summed E-state index contributed by atoms with van der Waals surface area (Å²) in [5, 5.41) is 3.30. The van der Waals surface area contributed by atoms with E-state index in [4.69, 9.17) is 4.74 Å². The summed E-state index contributed by atoms with van der Waals surface area (Å²) in [4.78, 5) is 13.7. The fourth-order valence-electron chi connectivity index (χ4n) is 2.45. The smallest absolute Gasteiger partial charge is 0.307 e. The van der Waals surface area contributed by atoms with Crippen molar-refractivity contribution in [2.24, 2.45) is 0 Å². The van der Waals surface area contributed by atoms with E-state index in [1.807, 2.05) is 6.92 Å². The van der Waals surface area contributed by atoms with Crippen LogP contribution in [0.5, 0.6) is 0 Å². The third kappa shape index (κ3) is 6.36. The molecular weight excluding hydrogens is 228 g/mol. The molecule has 0 saturated carbocycles. The molecule has 1 rings (SSSR count). The zero-order valence-corrected chi connectivity index (χ0v) is 11.9. The molecule has 0 aromatic carbocycles. The van der Waals surface area contributed by atoms with Gasteiger partial charge in [-0.25, -0.2) is 0 Å². The lowest BCUT2D eigenvalue weighted by atomic mass is 10.0. The van der Waals surface area contributed by atoms with Crippen LogP contribution in [0.3, 0.4) is 0 Å². The molecule has 0 aliphatic carbocycles. The number of carbonyl (C=O) groups is 1. The molecule has 0 amide bonds. The predicted molar refractivity (Wildman–Crippen MR) is 73.6 cm³/mol. The van der Waals surface area contributed by atoms with Gasteiger partial charge in [-0.1, -0.05) is 6.42 Å². The zero-order valence-electron chi connectivity index (χ0n) is 11.9. The highest BCUT2D eigenvalue weighted by molar-refractivity contribution is 5.69. The maximum Gasteiger partial charge on any atom is 0.307 e. The first-order valence-corrected chi connectivity index (χ1v) is 7.34. The Balaban J connectivity index is 1.93. The summed E-state index contributed by atoms with van der Waals surface area (Å²) in [6.45, 7) is 8.79. The van der Waals surface area contributed by atoms with Crippen LogP contribution in [0.15, 0.2) is 0 Å². The minimum atomic E-state index is -0.102. The average molecular weight is 256 g/mol. The molecular formula is C14H28N2O2. The van der Waals surface area contributed by atoms with E-state index in [1.54, 1.807) is 0 Å². The molecule has 18 heavy (non-hydrogen) atoms. The number of rotatable bonds is 8. The van der Waals surface area contributed by atoms with Gasteiger partial charge in [-0.15, -0.1) is 0 Å². The standard InChI is InChI=1S/C14H28N2O2/c1-3-18-14(17)8-10-15-9-6-12-16-11-5-4-7-13(16)2/h13,15H,3-12H2,1-2H3. The van der Waals surface area contributed by atoms with Gasteiger partial charge in [0.1, 0.15) is 0 Å². The lowest BCUT2D eigenvalue weighted by Gasteiger charge is -2.33. The molecule has 4 nitrogen and oxygen atoms in total. The van der Waals surface area contributed by atoms with E-state index in [0.717, 1.165) is 25.6 Å². The van der Waals surface area contributed by atoms with Gasteiger partial charge in [0.15, 0.2) is 0 Å². The second-order valence-corrected chi connectivity index (χ2v) is 5.04. The van der Waals surface area contributed by atoms with Crippen molar-refractivity contribution >= 4 is 5.97 Å². The fraction of sp³-hybridized carbons (Fsp3) is 0.929. The average Bonchev–Trinajstić information content (AvgIpc) is 2.36. The van der Waals surface area contributed by atoms with Crippen LogP contribution in [-0.4, -0.2) is 49.7 Å². The molecule has 1 atom stereocenters. The van der Waals surface area contributed by atoms with Gasteiger partial charge < -0.3 is 15.0 Å². The lowest BCUT2D eigenvalue weighted by Crippen LogP contribution is -2.39. The topological polar surface area (TPSA) is 41.6 Å². The lowest BCUT2D eigenvalue weighted by molar-refractivity contribution is -0.142. The Morgan fingerprint density at radius 3 is 2.94 bits per heavy atom. The molecule has 0 aromatic heterocycles. The van der Waals surface area contributed by atoms with E-state index < -0.39 is 0 Å². The van der Waals surface area contributed by atoms with Crippen molar-refractivity contribution in [2.75, 3.05) is 32.8 Å². The molecule has 1 saturated heterocycles. The Hall–Kier alpha value is -0.610. The van der Waals surface area contributed by atoms with E-state index >= 15 is 0 Å². The van der Waals surface area contributed by atoms with Gasteiger partial charge in [-0.3, -0.25) is 4.79 Å². The molecule has 1 fully saturated rings. The number of carbonyl (C=O) groups excluding carboxylic acids is 1. The minimum absolute atomic E-state index is 0.102. The van der Waals surface area contributed by atoms with Crippen LogP contribution in [-0.2, 0) is 9.53 Å². The number of piperidine rings is 1. The molecule has 1 heterocycles. The Morgan fingerprint density at radius 1 is 1.39 bits per heavy atom. The van der Waals surface area contributed by atoms with Gasteiger partial charge in [0, 0.05) is 12.6 Å². The van der Waals surface area contributed by atoms with Crippen LogP contribution >= 0.6 is 0 Å². The van der Waals surface area contributed by atoms with Crippen molar-refractivity contribution in [1.82, 2.24) is 10.2 Å². The number of esters is 1. The number of nitrogens with one attached hydrogen (secondary N) is 1. The Bertz CT molecular complexity index is 234. The van der Waals surface area contributed by atoms with Crippen molar-refractivity contribution in [3.8, 4) is 0 Å². The SMILES string of the molecule is CCOC(=O)CCNCCCN1CCCCC1C. The highest BCUT2D eigenvalue weighted by atomic mass is 16.5. The van der Waals surface area contributed by atoms with Gasteiger partial charge in [0.2, 0.25) is 0 Å². The summed E-state index contributed by atoms with van der Waals surface area (Å²) in [6, 6.07) is 0.748. The van der Waals surface area contributed by atoms with Crippen molar-refractivity contribution in [2.45, 2.75) is 52.0 Å². The molecule has 1 N–H and O–H groups in total. The fourth-order valence-corrected chi connectivity index (χ4v) is 2.45. The quantitative estimate of drug-likeness (QED) is 0.531. The van der Waals surface area contributed by atoms with Crippen LogP contribution in [0, 0.1) is 0 Å². The van der Waals surface area contributed by atoms with Crippen molar-refractivity contribution in [3.05, 3.63) is 0 Å². The Labute approximate surface area is 111 Å². The largest absolute Gasteiger partial charge is 0.466 e. The summed E-state index contributed by atoms with van der Waals surface area (Å²) < 4.78 is 4.87. The highest BCUT2D eigenvalue weighted by Gasteiger charge is 2.16. The number of ether oxygens (including phenoxy) is 1. The first-order valence-electron chi connectivity index (χ1n) is 7.34. The van der Waals surface area contributed by atoms with Crippen LogP contribution in [0.25, 0.3) is 0 Å². The third-order valence-corrected chi connectivity index (χ3v) is 3.55. The van der Waals surface area contributed by atoms with E-state index in [-0.39, 0.29) is 5.97 Å². The van der Waals surface area contributed by atoms with E-state index in [9.17, 15) is 4.79 Å². The van der Waals surface area contributed by atoms with E-state index in [1.165, 1.54) is 32.4 Å². The summed E-state index contributed by atoms with van der Waals surface area (Å²) in [5.74, 6) is -0.102. The third-order valence-electron chi connectivity index (χ3n) is 3.55. The molecule has 0 radical (unpaired) electrons. The maximum atomic E-state index is 11.1. The molecule has 106 valence electrons. The number of hydrogen-bond donors (Lipinski definition) is 1. The Kier molecular flexibility index (Phi) is 8.01. The molecule has 4 heteroatoms. The monoisotopic (exact) mass is 256 g/mol. The predicted octanol–water partition coefficient (Wildman–Crippen LogP) is 1.79. The Morgan fingerprint density at radius 2 is 2.22 bits per heavy atom. The van der Waals surface area contributed by atoms with Crippen molar-refractivity contribution in [3.63, 3.8) is 0 Å². The first-order chi connectivity index (χ1) is 8.74. The van der Waals surface area contributed by atoms with Gasteiger partial charge in [0.05, 0.1) is 13.0 Å². The molecule has 0 spiro atoms. The zero-order chi connectivity index (χ0) is 13.2. The summed E-state index contributed by atoms with van der Waals surface area (Å²) in [5.41, 5.74) is 0. The molecule has 1 aliphatic heterocycles. The second-order valence-electron chi connectivity index (χ2n) is 5.04. The number of likely N-dealkylation sites (tertiary alicyclic amines) is 1. The summed E-state index contributed by atoms with van der Waals surface area (Å²) in [6.07, 6.45) is 5.72. The molecule has 1 aliphatic rings. The van der Waals surface area contributed by atoms with Crippen LogP contribution in [0.4, 0.5) is 0 Å². The maximum absolute atomic E-state index is 11.1. The molecule has 1 unspecified atom stereocenters. The normalized spacial score (nSPS) is 20.9. The number of nitrogens with zero attached hydrogens (tertiary/aromatic N) is 1.